The van der Waals surface area contributed by atoms with E-state index in [4.69, 9.17) is 9.47 Å². The Kier molecular flexibility index (Phi) is 6.38. The topological polar surface area (TPSA) is 40.5 Å². The minimum Gasteiger partial charge on any atom is -0.450 e. The lowest BCUT2D eigenvalue weighted by Gasteiger charge is -2.21. The monoisotopic (exact) mass is 625 g/mol. The zero-order valence-corrected chi connectivity index (χ0v) is 26.2. The van der Waals surface area contributed by atoms with Gasteiger partial charge in [-0.3, -0.25) is 0 Å². The first-order valence-electron chi connectivity index (χ1n) is 15.6. The van der Waals surface area contributed by atoms with Crippen LogP contribution in [0.4, 0.5) is 0 Å². The van der Waals surface area contributed by atoms with Crippen LogP contribution in [0.2, 0.25) is 0 Å². The lowest BCUT2D eigenvalue weighted by molar-refractivity contribution is 0.360. The molecule has 0 fully saturated rings. The summed E-state index contributed by atoms with van der Waals surface area (Å²) in [6, 6.07) is 56.7. The third-order valence-electron chi connectivity index (χ3n) is 8.93. The van der Waals surface area contributed by atoms with Gasteiger partial charge in [-0.2, -0.15) is 0 Å². The molecule has 0 unspecified atom stereocenters. The van der Waals surface area contributed by atoms with Gasteiger partial charge in [-0.15, -0.1) is 0 Å². The molecule has 0 N–H and O–H groups in total. The first-order valence-corrected chi connectivity index (χ1v) is 17.3. The SMILES string of the molecule is O=P(c1ccccc1)(c1ccccc1)c1ccc2c3ccc(-c4ccc5c(c4)Oc4ccccc4O5)cc3n(-c3ccccc3)c2c1. The number of nitrogens with zero attached hydrogens (tertiary/aromatic N) is 1. The van der Waals surface area contributed by atoms with Crippen molar-refractivity contribution in [2.75, 3.05) is 0 Å². The Hall–Kier alpha value is -5.83. The second kappa shape index (κ2) is 10.9. The van der Waals surface area contributed by atoms with Crippen LogP contribution in [0.15, 0.2) is 170 Å². The number of aromatic nitrogens is 1. The van der Waals surface area contributed by atoms with E-state index >= 15 is 4.57 Å². The zero-order valence-electron chi connectivity index (χ0n) is 25.3. The zero-order chi connectivity index (χ0) is 31.4. The second-order valence-corrected chi connectivity index (χ2v) is 14.5. The Morgan fingerprint density at radius 2 is 0.894 bits per heavy atom. The maximum Gasteiger partial charge on any atom is 0.171 e. The molecular weight excluding hydrogens is 597 g/mol. The van der Waals surface area contributed by atoms with Gasteiger partial charge in [-0.25, -0.2) is 0 Å². The molecule has 0 bridgehead atoms. The molecule has 2 heterocycles. The smallest absolute Gasteiger partial charge is 0.171 e. The van der Waals surface area contributed by atoms with Crippen LogP contribution < -0.4 is 25.4 Å². The van der Waals surface area contributed by atoms with Crippen molar-refractivity contribution in [3.63, 3.8) is 0 Å². The molecule has 1 aliphatic heterocycles. The highest BCUT2D eigenvalue weighted by atomic mass is 31.2. The molecule has 5 heteroatoms. The number of ether oxygens (including phenoxy) is 2. The van der Waals surface area contributed by atoms with Gasteiger partial charge in [0.1, 0.15) is 0 Å². The Morgan fingerprint density at radius 1 is 0.404 bits per heavy atom. The maximum absolute atomic E-state index is 15.3. The Morgan fingerprint density at radius 3 is 1.55 bits per heavy atom. The molecule has 224 valence electrons. The number of benzene rings is 7. The molecule has 8 aromatic rings. The highest BCUT2D eigenvalue weighted by Gasteiger charge is 2.30. The molecule has 0 amide bonds. The third-order valence-corrected chi connectivity index (χ3v) is 12.0. The van der Waals surface area contributed by atoms with Gasteiger partial charge in [0.05, 0.1) is 11.0 Å². The number of rotatable bonds is 5. The van der Waals surface area contributed by atoms with Crippen molar-refractivity contribution in [2.24, 2.45) is 0 Å². The third kappa shape index (κ3) is 4.49. The predicted octanol–water partition coefficient (Wildman–Crippen LogP) is 9.99. The van der Waals surface area contributed by atoms with Gasteiger partial charge in [0.25, 0.3) is 0 Å². The number of para-hydroxylation sites is 3. The van der Waals surface area contributed by atoms with Crippen molar-refractivity contribution >= 4 is 44.9 Å². The van der Waals surface area contributed by atoms with E-state index in [0.717, 1.165) is 54.5 Å². The van der Waals surface area contributed by atoms with Crippen LogP contribution >= 0.6 is 7.14 Å². The van der Waals surface area contributed by atoms with Crippen molar-refractivity contribution in [2.45, 2.75) is 0 Å². The Labute approximate surface area is 272 Å². The van der Waals surface area contributed by atoms with Gasteiger partial charge in [0.2, 0.25) is 0 Å². The molecule has 0 atom stereocenters. The van der Waals surface area contributed by atoms with E-state index in [1.165, 1.54) is 0 Å². The van der Waals surface area contributed by atoms with Crippen LogP contribution in [0.5, 0.6) is 23.0 Å². The normalized spacial score (nSPS) is 12.3. The maximum atomic E-state index is 15.3. The minimum atomic E-state index is -3.17. The fraction of sp³-hybridized carbons (Fsp3) is 0. The second-order valence-electron chi connectivity index (χ2n) is 11.7. The number of hydrogen-bond acceptors (Lipinski definition) is 3. The average Bonchev–Trinajstić information content (AvgIpc) is 3.47. The molecule has 0 saturated carbocycles. The summed E-state index contributed by atoms with van der Waals surface area (Å²) in [4.78, 5) is 0. The van der Waals surface area contributed by atoms with E-state index in [1.807, 2.05) is 109 Å². The number of fused-ring (bicyclic) bond motifs is 5. The van der Waals surface area contributed by atoms with E-state index in [2.05, 4.69) is 65.2 Å². The van der Waals surface area contributed by atoms with Gasteiger partial charge < -0.3 is 18.6 Å². The first-order chi connectivity index (χ1) is 23.2. The summed E-state index contributed by atoms with van der Waals surface area (Å²) < 4.78 is 29.9. The molecule has 1 aromatic heterocycles. The predicted molar refractivity (Wildman–Crippen MR) is 192 cm³/mol. The highest BCUT2D eigenvalue weighted by molar-refractivity contribution is 7.85. The number of hydrogen-bond donors (Lipinski definition) is 0. The van der Waals surface area contributed by atoms with Gasteiger partial charge >= 0.3 is 0 Å². The molecule has 0 saturated heterocycles. The summed E-state index contributed by atoms with van der Waals surface area (Å²) >= 11 is 0. The molecule has 1 aliphatic rings. The lowest BCUT2D eigenvalue weighted by atomic mass is 10.0. The average molecular weight is 626 g/mol. The summed E-state index contributed by atoms with van der Waals surface area (Å²) in [7, 11) is -3.17. The highest BCUT2D eigenvalue weighted by Crippen LogP contribution is 2.47. The van der Waals surface area contributed by atoms with Crippen LogP contribution in [0.3, 0.4) is 0 Å². The van der Waals surface area contributed by atoms with Crippen LogP contribution in [0.1, 0.15) is 0 Å². The molecule has 0 aliphatic carbocycles. The van der Waals surface area contributed by atoms with Crippen LogP contribution in [-0.2, 0) is 4.57 Å². The van der Waals surface area contributed by atoms with Gasteiger partial charge in [-0.1, -0.05) is 121 Å². The van der Waals surface area contributed by atoms with Crippen LogP contribution in [0.25, 0.3) is 38.6 Å². The van der Waals surface area contributed by atoms with Gasteiger partial charge in [0, 0.05) is 32.4 Å². The largest absolute Gasteiger partial charge is 0.450 e. The van der Waals surface area contributed by atoms with E-state index in [-0.39, 0.29) is 0 Å². The Balaban J connectivity index is 1.24. The van der Waals surface area contributed by atoms with Crippen molar-refractivity contribution in [1.29, 1.82) is 0 Å². The standard InChI is InChI=1S/C42H28NO3P/c44-47(32-14-6-2-7-15-32,33-16-8-3-9-17-33)34-22-24-36-35-23-20-29(26-37(35)43(38(36)28-34)31-12-4-1-5-13-31)30-21-25-41-42(27-30)46-40-19-11-10-18-39(40)45-41/h1-28H. The fourth-order valence-electron chi connectivity index (χ4n) is 6.67. The van der Waals surface area contributed by atoms with Crippen molar-refractivity contribution in [3.05, 3.63) is 170 Å². The van der Waals surface area contributed by atoms with Crippen LogP contribution in [0, 0.1) is 0 Å². The van der Waals surface area contributed by atoms with Gasteiger partial charge in [0.15, 0.2) is 30.1 Å². The molecule has 0 spiro atoms. The van der Waals surface area contributed by atoms with E-state index in [0.29, 0.717) is 23.0 Å². The van der Waals surface area contributed by atoms with Crippen molar-refractivity contribution in [1.82, 2.24) is 4.57 Å². The molecule has 0 radical (unpaired) electrons. The van der Waals surface area contributed by atoms with Crippen LogP contribution in [-0.4, -0.2) is 4.57 Å². The van der Waals surface area contributed by atoms with Gasteiger partial charge in [-0.05, 0) is 59.7 Å². The fourth-order valence-corrected chi connectivity index (χ4v) is 9.34. The minimum absolute atomic E-state index is 0.687. The quantitative estimate of drug-likeness (QED) is 0.179. The first kappa shape index (κ1) is 27.5. The molecule has 7 aromatic carbocycles. The summed E-state index contributed by atoms with van der Waals surface area (Å²) in [6.45, 7) is 0. The summed E-state index contributed by atoms with van der Waals surface area (Å²) in [5.41, 5.74) is 5.19. The molecule has 4 nitrogen and oxygen atoms in total. The molecular formula is C42H28NO3P. The summed E-state index contributed by atoms with van der Waals surface area (Å²) in [6.07, 6.45) is 0. The van der Waals surface area contributed by atoms with E-state index in [1.54, 1.807) is 0 Å². The van der Waals surface area contributed by atoms with Crippen molar-refractivity contribution in [3.8, 4) is 39.8 Å². The summed E-state index contributed by atoms with van der Waals surface area (Å²) in [5, 5.41) is 4.66. The lowest BCUT2D eigenvalue weighted by Crippen LogP contribution is -2.25. The van der Waals surface area contributed by atoms with E-state index in [9.17, 15) is 0 Å². The molecule has 47 heavy (non-hydrogen) atoms. The molecule has 9 rings (SSSR count). The van der Waals surface area contributed by atoms with E-state index < -0.39 is 7.14 Å². The van der Waals surface area contributed by atoms with Crippen molar-refractivity contribution < 1.29 is 14.0 Å². The Bertz CT molecular complexity index is 2440. The summed E-state index contributed by atoms with van der Waals surface area (Å²) in [5.74, 6) is 2.80.